The highest BCUT2D eigenvalue weighted by molar-refractivity contribution is 6.58. The molecule has 0 spiro atoms. The Morgan fingerprint density at radius 1 is 1.33 bits per heavy atom. The molecule has 0 N–H and O–H groups in total. The van der Waals surface area contributed by atoms with Gasteiger partial charge < -0.3 is 0 Å². The fourth-order valence-corrected chi connectivity index (χ4v) is 0. The molecule has 0 nitrogen and oxygen atoms in total. The maximum absolute atomic E-state index is 4.96. The summed E-state index contributed by atoms with van der Waals surface area (Å²) in [4.78, 5) is 0. The predicted molar refractivity (Wildman–Crippen MR) is 31.4 cm³/mol. The Balaban J connectivity index is 0. The molecule has 0 aromatic rings. The summed E-state index contributed by atoms with van der Waals surface area (Å²) in [5, 5.41) is 0. The van der Waals surface area contributed by atoms with E-state index in [0.717, 1.165) is 5.54 Å². The van der Waals surface area contributed by atoms with E-state index in [-0.39, 0.29) is 15.5 Å². The van der Waals surface area contributed by atoms with Crippen LogP contribution in [0, 0.1) is 0 Å². The first kappa shape index (κ1) is 9.95. The molecule has 0 heterocycles. The van der Waals surface area contributed by atoms with Crippen LogP contribution in [-0.4, -0.2) is 11.0 Å². The lowest BCUT2D eigenvalue weighted by Crippen LogP contribution is -1.33. The Labute approximate surface area is 56.1 Å². The third kappa shape index (κ3) is 8.85. The van der Waals surface area contributed by atoms with Crippen LogP contribution in [0.3, 0.4) is 0 Å². The van der Waals surface area contributed by atoms with Gasteiger partial charge in [-0.2, -0.15) is 0 Å². The van der Waals surface area contributed by atoms with Gasteiger partial charge >= 0.3 is 0 Å². The summed E-state index contributed by atoms with van der Waals surface area (Å²) in [5.41, 5.74) is 1.09. The smallest absolute Gasteiger partial charge is 0.0904 e. The molecule has 0 bridgehead atoms. The standard InChI is InChI=1S/C2HCl3.Si/c3-1-2(4)5;/h1H;. The first-order valence-electron chi connectivity index (χ1n) is 0.885. The average Bonchev–Trinajstić information content (AvgIpc) is 1.38. The zero-order valence-corrected chi connectivity index (χ0v) is 5.98. The van der Waals surface area contributed by atoms with Crippen LogP contribution < -0.4 is 0 Å². The van der Waals surface area contributed by atoms with E-state index in [9.17, 15) is 0 Å². The second-order valence-electron chi connectivity index (χ2n) is 0.399. The molecule has 0 aliphatic carbocycles. The lowest BCUT2D eigenvalue weighted by molar-refractivity contribution is 2.36. The van der Waals surface area contributed by atoms with E-state index < -0.39 is 0 Å². The van der Waals surface area contributed by atoms with E-state index in [4.69, 9.17) is 34.8 Å². The van der Waals surface area contributed by atoms with Crippen molar-refractivity contribution in [2.24, 2.45) is 0 Å². The molecule has 0 aromatic heterocycles. The third-order valence-corrected chi connectivity index (χ3v) is 0.742. The van der Waals surface area contributed by atoms with Gasteiger partial charge in [0.2, 0.25) is 0 Å². The van der Waals surface area contributed by atoms with Gasteiger partial charge in [-0.3, -0.25) is 0 Å². The molecule has 0 aliphatic rings. The number of rotatable bonds is 0. The van der Waals surface area contributed by atoms with Gasteiger partial charge in [-0.25, -0.2) is 0 Å². The van der Waals surface area contributed by atoms with E-state index in [0.29, 0.717) is 0 Å². The van der Waals surface area contributed by atoms with Crippen LogP contribution in [0.15, 0.2) is 10.0 Å². The summed E-state index contributed by atoms with van der Waals surface area (Å²) >= 11 is 14.8. The monoisotopic (exact) mass is 158 g/mol. The van der Waals surface area contributed by atoms with Gasteiger partial charge in [0.05, 0.1) is 0 Å². The number of hydrogen-bond acceptors (Lipinski definition) is 0. The SMILES string of the molecule is ClC=C(Cl)Cl.[Si]. The quantitative estimate of drug-likeness (QED) is 0.475. The van der Waals surface area contributed by atoms with Crippen molar-refractivity contribution in [3.05, 3.63) is 10.0 Å². The molecule has 4 heteroatoms. The molecule has 0 aliphatic heterocycles. The topological polar surface area (TPSA) is 0 Å². The molecule has 0 fully saturated rings. The minimum Gasteiger partial charge on any atom is -0.0904 e. The highest BCUT2D eigenvalue weighted by Crippen LogP contribution is 2.05. The molecule has 0 aromatic carbocycles. The van der Waals surface area contributed by atoms with Crippen molar-refractivity contribution in [3.8, 4) is 0 Å². The van der Waals surface area contributed by atoms with Crippen LogP contribution in [0.2, 0.25) is 0 Å². The Morgan fingerprint density at radius 2 is 1.50 bits per heavy atom. The summed E-state index contributed by atoms with van der Waals surface area (Å²) in [7, 11) is 0. The fraction of sp³-hybridized carbons (Fsp3) is 0. The van der Waals surface area contributed by atoms with E-state index in [1.54, 1.807) is 0 Å². The largest absolute Gasteiger partial charge is 0.118 e. The summed E-state index contributed by atoms with van der Waals surface area (Å²) in [6.07, 6.45) is 0. The Morgan fingerprint density at radius 3 is 1.50 bits per heavy atom. The highest BCUT2D eigenvalue weighted by atomic mass is 35.5. The van der Waals surface area contributed by atoms with Crippen LogP contribution >= 0.6 is 34.8 Å². The molecular weight excluding hydrogens is 158 g/mol. The molecule has 0 unspecified atom stereocenters. The van der Waals surface area contributed by atoms with Crippen LogP contribution in [0.25, 0.3) is 0 Å². The Hall–Kier alpha value is 0.827. The van der Waals surface area contributed by atoms with Gasteiger partial charge in [0.25, 0.3) is 0 Å². The van der Waals surface area contributed by atoms with Crippen molar-refractivity contribution in [1.82, 2.24) is 0 Å². The number of hydrogen-bond donors (Lipinski definition) is 0. The van der Waals surface area contributed by atoms with Crippen molar-refractivity contribution in [3.63, 3.8) is 0 Å². The van der Waals surface area contributed by atoms with Gasteiger partial charge in [0, 0.05) is 16.5 Å². The maximum Gasteiger partial charge on any atom is 0.118 e. The molecule has 4 radical (unpaired) electrons. The minimum absolute atomic E-state index is 0. The zero-order chi connectivity index (χ0) is 4.28. The predicted octanol–water partition coefficient (Wildman–Crippen LogP) is 2.12. The molecule has 34 valence electrons. The first-order chi connectivity index (χ1) is 2.27. The molecule has 6 heavy (non-hydrogen) atoms. The first-order valence-corrected chi connectivity index (χ1v) is 2.08. The second kappa shape index (κ2) is 5.83. The maximum atomic E-state index is 4.96. The van der Waals surface area contributed by atoms with Gasteiger partial charge in [-0.15, -0.1) is 0 Å². The lowest BCUT2D eigenvalue weighted by Gasteiger charge is -1.64. The van der Waals surface area contributed by atoms with E-state index in [1.165, 1.54) is 0 Å². The number of halogens is 3. The van der Waals surface area contributed by atoms with Crippen molar-refractivity contribution in [2.75, 3.05) is 0 Å². The molecule has 0 rings (SSSR count). The van der Waals surface area contributed by atoms with Crippen molar-refractivity contribution >= 4 is 45.8 Å². The van der Waals surface area contributed by atoms with Gasteiger partial charge in [0.1, 0.15) is 4.49 Å². The Kier molecular flexibility index (Phi) is 9.66. The van der Waals surface area contributed by atoms with Crippen molar-refractivity contribution in [2.45, 2.75) is 0 Å². The van der Waals surface area contributed by atoms with E-state index in [2.05, 4.69) is 0 Å². The van der Waals surface area contributed by atoms with Crippen LogP contribution in [-0.2, 0) is 0 Å². The van der Waals surface area contributed by atoms with Crippen LogP contribution in [0.4, 0.5) is 0 Å². The van der Waals surface area contributed by atoms with Crippen molar-refractivity contribution < 1.29 is 0 Å². The summed E-state index contributed by atoms with van der Waals surface area (Å²) < 4.78 is 0.0895. The van der Waals surface area contributed by atoms with Crippen molar-refractivity contribution in [1.29, 1.82) is 0 Å². The fourth-order valence-electron chi connectivity index (χ4n) is 0. The highest BCUT2D eigenvalue weighted by Gasteiger charge is 1.70. The zero-order valence-electron chi connectivity index (χ0n) is 2.71. The Bertz CT molecular complexity index is 46.8. The minimum atomic E-state index is 0. The molecule has 0 saturated heterocycles. The van der Waals surface area contributed by atoms with Gasteiger partial charge in [-0.1, -0.05) is 34.8 Å². The summed E-state index contributed by atoms with van der Waals surface area (Å²) in [5.74, 6) is 0. The summed E-state index contributed by atoms with van der Waals surface area (Å²) in [6.45, 7) is 0. The second-order valence-corrected chi connectivity index (χ2v) is 1.62. The van der Waals surface area contributed by atoms with Gasteiger partial charge in [-0.05, 0) is 0 Å². The average molecular weight is 159 g/mol. The van der Waals surface area contributed by atoms with E-state index in [1.807, 2.05) is 0 Å². The van der Waals surface area contributed by atoms with E-state index >= 15 is 0 Å². The van der Waals surface area contributed by atoms with Gasteiger partial charge in [0.15, 0.2) is 0 Å². The molecule has 0 atom stereocenters. The van der Waals surface area contributed by atoms with Crippen LogP contribution in [0.1, 0.15) is 0 Å². The lowest BCUT2D eigenvalue weighted by atomic mass is 11.2. The molecular formula is C2HCl3Si. The normalized spacial score (nSPS) is 5.83. The molecule has 0 amide bonds. The molecule has 0 saturated carbocycles. The third-order valence-electron chi connectivity index (χ3n) is 0.0825. The van der Waals surface area contributed by atoms with Crippen LogP contribution in [0.5, 0.6) is 0 Å². The summed E-state index contributed by atoms with van der Waals surface area (Å²) in [6, 6.07) is 0.